The zero-order valence-electron chi connectivity index (χ0n) is 11.4. The highest BCUT2D eigenvalue weighted by molar-refractivity contribution is 7.89. The Balaban J connectivity index is 2.38. The van der Waals surface area contributed by atoms with E-state index in [0.717, 1.165) is 12.8 Å². The molecule has 0 saturated heterocycles. The van der Waals surface area contributed by atoms with Crippen molar-refractivity contribution >= 4 is 15.9 Å². The molecule has 1 aliphatic rings. The molecule has 1 aromatic rings. The van der Waals surface area contributed by atoms with Gasteiger partial charge < -0.3 is 5.73 Å². The topological polar surface area (TPSA) is 96.0 Å². The Morgan fingerprint density at radius 3 is 2.30 bits per heavy atom. The van der Waals surface area contributed by atoms with Crippen LogP contribution in [0.3, 0.4) is 0 Å². The van der Waals surface area contributed by atoms with Crippen LogP contribution >= 0.6 is 0 Å². The molecule has 1 aliphatic carbocycles. The molecule has 0 amide bonds. The predicted molar refractivity (Wildman–Crippen MR) is 74.6 cm³/mol. The smallest absolute Gasteiger partial charge is 0.241 e. The van der Waals surface area contributed by atoms with Crippen LogP contribution in [0, 0.1) is 31.0 Å². The maximum Gasteiger partial charge on any atom is 0.241 e. The fourth-order valence-electron chi connectivity index (χ4n) is 2.39. The lowest BCUT2D eigenvalue weighted by atomic mass is 10.1. The minimum absolute atomic E-state index is 0.0609. The highest BCUT2D eigenvalue weighted by atomic mass is 32.2. The van der Waals surface area contributed by atoms with Gasteiger partial charge in [0.1, 0.15) is 11.7 Å². The maximum absolute atomic E-state index is 13.3. The van der Waals surface area contributed by atoms with Crippen molar-refractivity contribution < 1.29 is 12.8 Å². The SMILES string of the molecule is Cc1cc(F)cc(C)c1S(=O)(=O)NC(C(=N)N)C1CC1. The number of halogens is 1. The summed E-state index contributed by atoms with van der Waals surface area (Å²) in [6.45, 7) is 3.09. The maximum atomic E-state index is 13.3. The van der Waals surface area contributed by atoms with Gasteiger partial charge in [-0.15, -0.1) is 0 Å². The molecule has 1 fully saturated rings. The van der Waals surface area contributed by atoms with Gasteiger partial charge in [-0.2, -0.15) is 0 Å². The number of amidine groups is 1. The third-order valence-corrected chi connectivity index (χ3v) is 5.15. The molecule has 0 radical (unpaired) electrons. The molecule has 5 nitrogen and oxygen atoms in total. The number of rotatable bonds is 5. The summed E-state index contributed by atoms with van der Waals surface area (Å²) in [5.41, 5.74) is 6.14. The van der Waals surface area contributed by atoms with E-state index in [-0.39, 0.29) is 16.6 Å². The molecular formula is C13H18FN3O2S. The van der Waals surface area contributed by atoms with Crippen LogP contribution in [0.2, 0.25) is 0 Å². The first-order valence-corrected chi connectivity index (χ1v) is 7.83. The van der Waals surface area contributed by atoms with Crippen molar-refractivity contribution in [2.75, 3.05) is 0 Å². The molecule has 1 unspecified atom stereocenters. The van der Waals surface area contributed by atoms with Crippen LogP contribution in [-0.2, 0) is 10.0 Å². The average Bonchev–Trinajstić information content (AvgIpc) is 3.07. The van der Waals surface area contributed by atoms with Crippen molar-refractivity contribution in [2.24, 2.45) is 11.7 Å². The minimum atomic E-state index is -3.83. The van der Waals surface area contributed by atoms with Crippen molar-refractivity contribution in [3.63, 3.8) is 0 Å². The van der Waals surface area contributed by atoms with Crippen molar-refractivity contribution in [1.29, 1.82) is 5.41 Å². The molecule has 110 valence electrons. The van der Waals surface area contributed by atoms with Gasteiger partial charge in [0, 0.05) is 0 Å². The molecule has 1 saturated carbocycles. The van der Waals surface area contributed by atoms with Crippen molar-refractivity contribution in [3.8, 4) is 0 Å². The monoisotopic (exact) mass is 299 g/mol. The van der Waals surface area contributed by atoms with E-state index in [1.54, 1.807) is 13.8 Å². The first-order valence-electron chi connectivity index (χ1n) is 6.35. The van der Waals surface area contributed by atoms with E-state index in [4.69, 9.17) is 11.1 Å². The molecule has 1 atom stereocenters. The van der Waals surface area contributed by atoms with Crippen LogP contribution in [0.4, 0.5) is 4.39 Å². The third kappa shape index (κ3) is 2.99. The molecule has 20 heavy (non-hydrogen) atoms. The van der Waals surface area contributed by atoms with Crippen LogP contribution < -0.4 is 10.5 Å². The Kier molecular flexibility index (Phi) is 3.84. The van der Waals surface area contributed by atoms with Crippen LogP contribution in [0.5, 0.6) is 0 Å². The molecular weight excluding hydrogens is 281 g/mol. The molecule has 1 aromatic carbocycles. The van der Waals surface area contributed by atoms with E-state index < -0.39 is 21.9 Å². The van der Waals surface area contributed by atoms with E-state index in [1.807, 2.05) is 0 Å². The van der Waals surface area contributed by atoms with Gasteiger partial charge in [-0.1, -0.05) is 0 Å². The van der Waals surface area contributed by atoms with Gasteiger partial charge in [-0.05, 0) is 55.9 Å². The molecule has 0 aliphatic heterocycles. The van der Waals surface area contributed by atoms with E-state index >= 15 is 0 Å². The van der Waals surface area contributed by atoms with Crippen molar-refractivity contribution in [3.05, 3.63) is 29.1 Å². The summed E-state index contributed by atoms with van der Waals surface area (Å²) in [6, 6.07) is 1.69. The van der Waals surface area contributed by atoms with E-state index in [0.29, 0.717) is 11.1 Å². The van der Waals surface area contributed by atoms with Crippen molar-refractivity contribution in [2.45, 2.75) is 37.6 Å². The van der Waals surface area contributed by atoms with Gasteiger partial charge >= 0.3 is 0 Å². The third-order valence-electron chi connectivity index (χ3n) is 3.40. The second kappa shape index (κ2) is 5.14. The number of sulfonamides is 1. The molecule has 0 heterocycles. The molecule has 0 aromatic heterocycles. The summed E-state index contributed by atoms with van der Waals surface area (Å²) >= 11 is 0. The number of nitrogens with two attached hydrogens (primary N) is 1. The summed E-state index contributed by atoms with van der Waals surface area (Å²) < 4.78 is 40.6. The average molecular weight is 299 g/mol. The molecule has 0 bridgehead atoms. The molecule has 2 rings (SSSR count). The molecule has 4 N–H and O–H groups in total. The summed E-state index contributed by atoms with van der Waals surface area (Å²) in [5.74, 6) is -0.568. The fourth-order valence-corrected chi connectivity index (χ4v) is 4.13. The van der Waals surface area contributed by atoms with Crippen LogP contribution in [0.25, 0.3) is 0 Å². The van der Waals surface area contributed by atoms with E-state index in [2.05, 4.69) is 4.72 Å². The van der Waals surface area contributed by atoms with Gasteiger partial charge in [0.15, 0.2) is 0 Å². The molecule has 7 heteroatoms. The Bertz CT molecular complexity index is 631. The Hall–Kier alpha value is -1.47. The second-order valence-electron chi connectivity index (χ2n) is 5.26. The number of hydrogen-bond donors (Lipinski definition) is 3. The zero-order chi connectivity index (χ0) is 15.1. The predicted octanol–water partition coefficient (Wildman–Crippen LogP) is 1.44. The number of benzene rings is 1. The molecule has 0 spiro atoms. The van der Waals surface area contributed by atoms with Crippen LogP contribution in [-0.4, -0.2) is 20.3 Å². The van der Waals surface area contributed by atoms with Gasteiger partial charge in [0.2, 0.25) is 10.0 Å². The first-order chi connectivity index (χ1) is 9.22. The normalized spacial score (nSPS) is 16.9. The van der Waals surface area contributed by atoms with Crippen LogP contribution in [0.1, 0.15) is 24.0 Å². The Morgan fingerprint density at radius 2 is 1.90 bits per heavy atom. The highest BCUT2D eigenvalue weighted by Crippen LogP contribution is 2.33. The standard InChI is InChI=1S/C13H18FN3O2S/c1-7-5-10(14)6-8(2)12(7)20(18,19)17-11(13(15)16)9-3-4-9/h5-6,9,11,17H,3-4H2,1-2H3,(H3,15,16). The lowest BCUT2D eigenvalue weighted by Gasteiger charge is -2.19. The second-order valence-corrected chi connectivity index (χ2v) is 6.91. The highest BCUT2D eigenvalue weighted by Gasteiger charge is 2.37. The van der Waals surface area contributed by atoms with Gasteiger partial charge in [0.25, 0.3) is 0 Å². The lowest BCUT2D eigenvalue weighted by Crippen LogP contribution is -2.45. The Morgan fingerprint density at radius 1 is 1.40 bits per heavy atom. The first kappa shape index (κ1) is 14.9. The summed E-state index contributed by atoms with van der Waals surface area (Å²) in [4.78, 5) is 0.0609. The fraction of sp³-hybridized carbons (Fsp3) is 0.462. The largest absolute Gasteiger partial charge is 0.386 e. The number of aryl methyl sites for hydroxylation is 2. The van der Waals surface area contributed by atoms with Crippen LogP contribution in [0.15, 0.2) is 17.0 Å². The van der Waals surface area contributed by atoms with Gasteiger partial charge in [-0.25, -0.2) is 17.5 Å². The quantitative estimate of drug-likeness (QED) is 0.567. The summed E-state index contributed by atoms with van der Waals surface area (Å²) in [6.07, 6.45) is 1.71. The van der Waals surface area contributed by atoms with E-state index in [9.17, 15) is 12.8 Å². The number of hydrogen-bond acceptors (Lipinski definition) is 3. The lowest BCUT2D eigenvalue weighted by molar-refractivity contribution is 0.561. The van der Waals surface area contributed by atoms with E-state index in [1.165, 1.54) is 12.1 Å². The van der Waals surface area contributed by atoms with Gasteiger partial charge in [-0.3, -0.25) is 5.41 Å². The van der Waals surface area contributed by atoms with Gasteiger partial charge in [0.05, 0.1) is 10.9 Å². The summed E-state index contributed by atoms with van der Waals surface area (Å²) in [7, 11) is -3.83. The number of nitrogens with one attached hydrogen (secondary N) is 2. The summed E-state index contributed by atoms with van der Waals surface area (Å²) in [5, 5.41) is 7.50. The zero-order valence-corrected chi connectivity index (χ0v) is 12.2. The minimum Gasteiger partial charge on any atom is -0.386 e. The van der Waals surface area contributed by atoms with Crippen molar-refractivity contribution in [1.82, 2.24) is 4.72 Å². The Labute approximate surface area is 117 Å².